The van der Waals surface area contributed by atoms with Gasteiger partial charge in [0.1, 0.15) is 23.2 Å². The number of ether oxygens (including phenoxy) is 1. The maximum absolute atomic E-state index is 12.2. The number of carbonyl (C=O) groups is 2. The molecule has 0 radical (unpaired) electrons. The Morgan fingerprint density at radius 2 is 1.77 bits per heavy atom. The number of esters is 1. The molecule has 0 aliphatic rings. The van der Waals surface area contributed by atoms with E-state index in [1.54, 1.807) is 36.4 Å². The van der Waals surface area contributed by atoms with Gasteiger partial charge in [0.15, 0.2) is 11.6 Å². The Kier molecular flexibility index (Phi) is 9.49. The van der Waals surface area contributed by atoms with Crippen molar-refractivity contribution in [1.29, 1.82) is 0 Å². The largest absolute Gasteiger partial charge is 0.423 e. The fraction of sp³-hybridized carbons (Fsp3) is 0.350. The highest BCUT2D eigenvalue weighted by Crippen LogP contribution is 2.30. The summed E-state index contributed by atoms with van der Waals surface area (Å²) in [6.45, 7) is 0.778. The first kappa shape index (κ1) is 23.9. The summed E-state index contributed by atoms with van der Waals surface area (Å²) >= 11 is 0. The quantitative estimate of drug-likeness (QED) is 0.154. The Morgan fingerprint density at radius 1 is 1.03 bits per heavy atom. The fourth-order valence-electron chi connectivity index (χ4n) is 2.50. The molecule has 11 heteroatoms. The summed E-state index contributed by atoms with van der Waals surface area (Å²) in [5.74, 6) is -0.236. The molecule has 0 fully saturated rings. The minimum Gasteiger partial charge on any atom is -0.423 e. The highest BCUT2D eigenvalue weighted by Gasteiger charge is 2.17. The number of azo groups is 1. The van der Waals surface area contributed by atoms with Crippen molar-refractivity contribution in [2.45, 2.75) is 31.7 Å². The highest BCUT2D eigenvalue weighted by molar-refractivity contribution is 5.90. The van der Waals surface area contributed by atoms with Gasteiger partial charge in [-0.2, -0.15) is 0 Å². The number of nitrogen functional groups attached to an aromatic ring is 1. The lowest BCUT2D eigenvalue weighted by molar-refractivity contribution is -0.136. The van der Waals surface area contributed by atoms with Gasteiger partial charge in [-0.05, 0) is 43.7 Å². The topological polar surface area (TPSA) is 197 Å². The lowest BCUT2D eigenvalue weighted by atomic mass is 10.1. The van der Waals surface area contributed by atoms with Gasteiger partial charge in [-0.1, -0.05) is 18.6 Å². The number of unbranched alkanes of at least 4 members (excludes halogenated alkanes) is 1. The lowest BCUT2D eigenvalue weighted by Crippen LogP contribution is -2.34. The zero-order valence-electron chi connectivity index (χ0n) is 17.2. The number of aromatic nitrogens is 1. The molecule has 1 amide bonds. The van der Waals surface area contributed by atoms with Crippen LogP contribution in [0.1, 0.15) is 25.7 Å². The summed E-state index contributed by atoms with van der Waals surface area (Å²) in [6, 6.07) is 9.02. The third-order valence-electron chi connectivity index (χ3n) is 4.15. The van der Waals surface area contributed by atoms with E-state index < -0.39 is 12.0 Å². The van der Waals surface area contributed by atoms with E-state index in [9.17, 15) is 9.59 Å². The molecule has 0 saturated heterocycles. The van der Waals surface area contributed by atoms with E-state index in [-0.39, 0.29) is 41.9 Å². The number of para-hydroxylation sites is 1. The van der Waals surface area contributed by atoms with E-state index in [1.165, 1.54) is 0 Å². The molecule has 166 valence electrons. The molecule has 9 N–H and O–H groups in total. The monoisotopic (exact) mass is 428 g/mol. The molecule has 0 unspecified atom stereocenters. The zero-order valence-corrected chi connectivity index (χ0v) is 17.2. The number of hydrogen-bond donors (Lipinski definition) is 5. The molecule has 11 nitrogen and oxygen atoms in total. The second-order valence-electron chi connectivity index (χ2n) is 6.67. The Balaban J connectivity index is 2.08. The number of hydrogen-bond acceptors (Lipinski definition) is 10. The SMILES string of the molecule is NCCCC[C@H](N)C(=O)Oc1ccccc1/N=N/c1ccc(NC(=O)CCN)nc1N. The van der Waals surface area contributed by atoms with Gasteiger partial charge >= 0.3 is 5.97 Å². The number of benzene rings is 1. The summed E-state index contributed by atoms with van der Waals surface area (Å²) in [6.07, 6.45) is 2.19. The van der Waals surface area contributed by atoms with E-state index in [0.29, 0.717) is 18.7 Å². The third-order valence-corrected chi connectivity index (χ3v) is 4.15. The number of nitrogens with zero attached hydrogens (tertiary/aromatic N) is 3. The Morgan fingerprint density at radius 3 is 2.48 bits per heavy atom. The molecule has 0 aliphatic carbocycles. The van der Waals surface area contributed by atoms with Crippen LogP contribution < -0.4 is 33.0 Å². The minimum atomic E-state index is -0.751. The predicted molar refractivity (Wildman–Crippen MR) is 118 cm³/mol. The summed E-state index contributed by atoms with van der Waals surface area (Å²) < 4.78 is 5.39. The molecule has 1 atom stereocenters. The van der Waals surface area contributed by atoms with Crippen molar-refractivity contribution in [3.8, 4) is 5.75 Å². The Bertz CT molecular complexity index is 919. The number of amides is 1. The van der Waals surface area contributed by atoms with Crippen LogP contribution in [0.15, 0.2) is 46.6 Å². The maximum atomic E-state index is 12.2. The van der Waals surface area contributed by atoms with Crippen molar-refractivity contribution in [2.75, 3.05) is 24.1 Å². The number of nitrogens with two attached hydrogens (primary N) is 4. The number of rotatable bonds is 11. The third kappa shape index (κ3) is 7.74. The Hall–Kier alpha value is -3.41. The number of nitrogens with one attached hydrogen (secondary N) is 1. The van der Waals surface area contributed by atoms with Gasteiger partial charge in [-0.15, -0.1) is 10.2 Å². The minimum absolute atomic E-state index is 0.0747. The van der Waals surface area contributed by atoms with Crippen LogP contribution in [0.25, 0.3) is 0 Å². The molecule has 31 heavy (non-hydrogen) atoms. The van der Waals surface area contributed by atoms with Crippen molar-refractivity contribution in [1.82, 2.24) is 4.98 Å². The van der Waals surface area contributed by atoms with E-state index in [0.717, 1.165) is 12.8 Å². The highest BCUT2D eigenvalue weighted by atomic mass is 16.5. The second-order valence-corrected chi connectivity index (χ2v) is 6.67. The van der Waals surface area contributed by atoms with Gasteiger partial charge in [0.25, 0.3) is 0 Å². The first-order valence-corrected chi connectivity index (χ1v) is 9.89. The van der Waals surface area contributed by atoms with Crippen molar-refractivity contribution >= 4 is 34.9 Å². The summed E-state index contributed by atoms with van der Waals surface area (Å²) in [5, 5.41) is 10.8. The molecular formula is C20H28N8O3. The molecule has 1 heterocycles. The van der Waals surface area contributed by atoms with Crippen LogP contribution in [0.4, 0.5) is 23.0 Å². The van der Waals surface area contributed by atoms with Gasteiger partial charge in [-0.3, -0.25) is 4.79 Å². The van der Waals surface area contributed by atoms with Crippen LogP contribution in [-0.4, -0.2) is 36.0 Å². The van der Waals surface area contributed by atoms with E-state index in [1.807, 2.05) is 0 Å². The first-order valence-electron chi connectivity index (χ1n) is 9.89. The van der Waals surface area contributed by atoms with Crippen molar-refractivity contribution in [3.63, 3.8) is 0 Å². The maximum Gasteiger partial charge on any atom is 0.328 e. The smallest absolute Gasteiger partial charge is 0.328 e. The molecule has 0 saturated carbocycles. The Labute approximate surface area is 180 Å². The van der Waals surface area contributed by atoms with Crippen LogP contribution in [0.3, 0.4) is 0 Å². The molecule has 0 bridgehead atoms. The molecule has 2 aromatic rings. The molecule has 2 rings (SSSR count). The van der Waals surface area contributed by atoms with Gasteiger partial charge in [0.05, 0.1) is 0 Å². The average molecular weight is 428 g/mol. The summed E-state index contributed by atoms with van der Waals surface area (Å²) in [5.41, 5.74) is 23.2. The van der Waals surface area contributed by atoms with E-state index in [4.69, 9.17) is 27.7 Å². The molecule has 0 spiro atoms. The first-order chi connectivity index (χ1) is 14.9. The van der Waals surface area contributed by atoms with Crippen LogP contribution in [-0.2, 0) is 9.59 Å². The normalized spacial score (nSPS) is 12.0. The summed E-state index contributed by atoms with van der Waals surface area (Å²) in [7, 11) is 0. The summed E-state index contributed by atoms with van der Waals surface area (Å²) in [4.78, 5) is 27.9. The number of anilines is 2. The van der Waals surface area contributed by atoms with Crippen LogP contribution in [0.2, 0.25) is 0 Å². The number of pyridine rings is 1. The van der Waals surface area contributed by atoms with Crippen molar-refractivity contribution in [2.24, 2.45) is 27.4 Å². The molecule has 1 aromatic carbocycles. The average Bonchev–Trinajstić information content (AvgIpc) is 2.74. The van der Waals surface area contributed by atoms with Gasteiger partial charge in [0, 0.05) is 13.0 Å². The standard InChI is InChI=1S/C20H28N8O3/c21-11-4-3-5-13(23)20(30)31-16-7-2-1-6-14(16)27-28-15-8-9-17(26-19(15)24)25-18(29)10-12-22/h1-2,6-9,13H,3-5,10-12,21-23H2,(H3,24,25,26,29)/b28-27+/t13-/m0/s1. The zero-order chi connectivity index (χ0) is 22.6. The molecular weight excluding hydrogens is 400 g/mol. The lowest BCUT2D eigenvalue weighted by Gasteiger charge is -2.12. The van der Waals surface area contributed by atoms with Gasteiger partial charge < -0.3 is 33.0 Å². The van der Waals surface area contributed by atoms with Gasteiger partial charge in [-0.25, -0.2) is 9.78 Å². The fourth-order valence-corrected chi connectivity index (χ4v) is 2.50. The number of carbonyl (C=O) groups excluding carboxylic acids is 2. The van der Waals surface area contributed by atoms with E-state index >= 15 is 0 Å². The molecule has 0 aliphatic heterocycles. The van der Waals surface area contributed by atoms with Crippen LogP contribution in [0, 0.1) is 0 Å². The van der Waals surface area contributed by atoms with E-state index in [2.05, 4.69) is 20.5 Å². The van der Waals surface area contributed by atoms with Crippen molar-refractivity contribution < 1.29 is 14.3 Å². The van der Waals surface area contributed by atoms with Gasteiger partial charge in [0.2, 0.25) is 5.91 Å². The predicted octanol–water partition coefficient (Wildman–Crippen LogP) is 1.73. The van der Waals surface area contributed by atoms with Crippen LogP contribution in [0.5, 0.6) is 5.75 Å². The molecule has 1 aromatic heterocycles. The second kappa shape index (κ2) is 12.3. The van der Waals surface area contributed by atoms with Crippen molar-refractivity contribution in [3.05, 3.63) is 36.4 Å². The van der Waals surface area contributed by atoms with Crippen LogP contribution >= 0.6 is 0 Å².